The molecular weight excluding hydrogens is 238 g/mol. The molecule has 3 N–H and O–H groups in total. The van der Waals surface area contributed by atoms with Gasteiger partial charge in [-0.25, -0.2) is 15.8 Å². The van der Waals surface area contributed by atoms with Gasteiger partial charge in [0.2, 0.25) is 0 Å². The highest BCUT2D eigenvalue weighted by Gasteiger charge is 2.10. The highest BCUT2D eigenvalue weighted by atomic mass is 15.3. The Hall–Kier alpha value is -2.01. The Balaban J connectivity index is 2.48. The van der Waals surface area contributed by atoms with Gasteiger partial charge in [-0.2, -0.15) is 0 Å². The monoisotopic (exact) mass is 257 g/mol. The van der Waals surface area contributed by atoms with Crippen LogP contribution in [0.25, 0.3) is 11.5 Å². The molecule has 2 heterocycles. The van der Waals surface area contributed by atoms with Gasteiger partial charge in [0.25, 0.3) is 0 Å². The first kappa shape index (κ1) is 13.4. The molecule has 5 nitrogen and oxygen atoms in total. The smallest absolute Gasteiger partial charge is 0.180 e. The molecule has 0 amide bonds. The maximum Gasteiger partial charge on any atom is 0.180 e. The van der Waals surface area contributed by atoms with Crippen molar-refractivity contribution in [2.45, 2.75) is 27.2 Å². The van der Waals surface area contributed by atoms with E-state index in [4.69, 9.17) is 5.84 Å². The van der Waals surface area contributed by atoms with Crippen molar-refractivity contribution < 1.29 is 0 Å². The maximum absolute atomic E-state index is 5.47. The summed E-state index contributed by atoms with van der Waals surface area (Å²) in [6.45, 7) is 6.31. The summed E-state index contributed by atoms with van der Waals surface area (Å²) in [5.74, 6) is 7.23. The number of hydrazine groups is 1. The second-order valence-corrected chi connectivity index (χ2v) is 4.98. The molecule has 2 aromatic rings. The maximum atomic E-state index is 5.47. The molecular formula is C14H19N5. The van der Waals surface area contributed by atoms with Crippen molar-refractivity contribution in [1.82, 2.24) is 15.0 Å². The number of aryl methyl sites for hydroxylation is 1. The van der Waals surface area contributed by atoms with Crippen LogP contribution < -0.4 is 11.3 Å². The van der Waals surface area contributed by atoms with Gasteiger partial charge in [-0.05, 0) is 30.9 Å². The van der Waals surface area contributed by atoms with E-state index in [0.717, 1.165) is 23.4 Å². The summed E-state index contributed by atoms with van der Waals surface area (Å²) in [5, 5.41) is 0. The number of nitrogens with zero attached hydrogens (tertiary/aromatic N) is 3. The molecule has 0 fully saturated rings. The standard InChI is InChI=1S/C14H19N5/c1-9(2)7-11-8-12(19-15)18-14(17-11)13-10(3)5-4-6-16-13/h4-6,8-9H,7,15H2,1-3H3,(H,17,18,19). The van der Waals surface area contributed by atoms with E-state index < -0.39 is 0 Å². The average Bonchev–Trinajstić information content (AvgIpc) is 2.38. The Morgan fingerprint density at radius 1 is 1.32 bits per heavy atom. The fourth-order valence-electron chi connectivity index (χ4n) is 1.92. The Kier molecular flexibility index (Phi) is 4.06. The molecule has 2 rings (SSSR count). The van der Waals surface area contributed by atoms with Crippen LogP contribution in [-0.4, -0.2) is 15.0 Å². The van der Waals surface area contributed by atoms with Gasteiger partial charge < -0.3 is 5.43 Å². The molecule has 0 aromatic carbocycles. The second kappa shape index (κ2) is 5.75. The van der Waals surface area contributed by atoms with Crippen molar-refractivity contribution in [1.29, 1.82) is 0 Å². The number of anilines is 1. The van der Waals surface area contributed by atoms with E-state index in [0.29, 0.717) is 17.6 Å². The molecule has 0 saturated heterocycles. The molecule has 0 radical (unpaired) electrons. The molecule has 0 aliphatic heterocycles. The number of nitrogens with two attached hydrogens (primary N) is 1. The quantitative estimate of drug-likeness (QED) is 0.649. The Morgan fingerprint density at radius 2 is 2.11 bits per heavy atom. The minimum Gasteiger partial charge on any atom is -0.308 e. The zero-order valence-electron chi connectivity index (χ0n) is 11.5. The molecule has 0 aliphatic carbocycles. The normalized spacial score (nSPS) is 10.8. The number of hydrogen-bond acceptors (Lipinski definition) is 5. The van der Waals surface area contributed by atoms with Crippen LogP contribution in [0.15, 0.2) is 24.4 Å². The largest absolute Gasteiger partial charge is 0.308 e. The SMILES string of the molecule is Cc1cccnc1-c1nc(CC(C)C)cc(NN)n1. The fourth-order valence-corrected chi connectivity index (χ4v) is 1.92. The van der Waals surface area contributed by atoms with Crippen LogP contribution in [-0.2, 0) is 6.42 Å². The minimum atomic E-state index is 0.526. The summed E-state index contributed by atoms with van der Waals surface area (Å²) in [5.41, 5.74) is 5.41. The zero-order valence-corrected chi connectivity index (χ0v) is 11.5. The van der Waals surface area contributed by atoms with Gasteiger partial charge in [-0.15, -0.1) is 0 Å². The van der Waals surface area contributed by atoms with E-state index in [1.807, 2.05) is 25.1 Å². The lowest BCUT2D eigenvalue weighted by Crippen LogP contribution is -2.11. The number of rotatable bonds is 4. The van der Waals surface area contributed by atoms with Gasteiger partial charge >= 0.3 is 0 Å². The minimum absolute atomic E-state index is 0.526. The van der Waals surface area contributed by atoms with Crippen LogP contribution in [0.4, 0.5) is 5.82 Å². The molecule has 0 atom stereocenters. The molecule has 0 saturated carbocycles. The first-order valence-corrected chi connectivity index (χ1v) is 6.36. The summed E-state index contributed by atoms with van der Waals surface area (Å²) < 4.78 is 0. The first-order chi connectivity index (χ1) is 9.10. The topological polar surface area (TPSA) is 76.7 Å². The molecule has 0 aliphatic rings. The predicted octanol–water partition coefficient (Wildman–Crippen LogP) is 2.33. The van der Waals surface area contributed by atoms with E-state index in [1.54, 1.807) is 6.20 Å². The second-order valence-electron chi connectivity index (χ2n) is 4.98. The van der Waals surface area contributed by atoms with Gasteiger partial charge in [-0.3, -0.25) is 4.98 Å². The van der Waals surface area contributed by atoms with Crippen LogP contribution in [0.2, 0.25) is 0 Å². The first-order valence-electron chi connectivity index (χ1n) is 6.36. The van der Waals surface area contributed by atoms with Crippen molar-refractivity contribution >= 4 is 5.82 Å². The lowest BCUT2D eigenvalue weighted by Gasteiger charge is -2.10. The summed E-state index contributed by atoms with van der Waals surface area (Å²) in [4.78, 5) is 13.3. The van der Waals surface area contributed by atoms with E-state index in [9.17, 15) is 0 Å². The van der Waals surface area contributed by atoms with Crippen molar-refractivity contribution in [3.05, 3.63) is 35.7 Å². The molecule has 5 heteroatoms. The third-order valence-electron chi connectivity index (χ3n) is 2.77. The molecule has 0 bridgehead atoms. The van der Waals surface area contributed by atoms with Crippen LogP contribution >= 0.6 is 0 Å². The number of hydrogen-bond donors (Lipinski definition) is 2. The average molecular weight is 257 g/mol. The molecule has 0 spiro atoms. The van der Waals surface area contributed by atoms with Crippen LogP contribution in [0.5, 0.6) is 0 Å². The number of nitrogen functional groups attached to an aromatic ring is 1. The number of pyridine rings is 1. The van der Waals surface area contributed by atoms with Crippen molar-refractivity contribution in [2.75, 3.05) is 5.43 Å². The van der Waals surface area contributed by atoms with Crippen molar-refractivity contribution in [3.63, 3.8) is 0 Å². The van der Waals surface area contributed by atoms with E-state index >= 15 is 0 Å². The molecule has 0 unspecified atom stereocenters. The van der Waals surface area contributed by atoms with Crippen molar-refractivity contribution in [3.8, 4) is 11.5 Å². The Bertz CT molecular complexity index is 566. The third kappa shape index (κ3) is 3.26. The third-order valence-corrected chi connectivity index (χ3v) is 2.77. The Morgan fingerprint density at radius 3 is 2.74 bits per heavy atom. The van der Waals surface area contributed by atoms with Crippen molar-refractivity contribution in [2.24, 2.45) is 11.8 Å². The summed E-state index contributed by atoms with van der Waals surface area (Å²) in [6, 6.07) is 5.77. The highest BCUT2D eigenvalue weighted by molar-refractivity contribution is 5.56. The summed E-state index contributed by atoms with van der Waals surface area (Å²) in [6.07, 6.45) is 2.63. The Labute approximate surface area is 113 Å². The summed E-state index contributed by atoms with van der Waals surface area (Å²) >= 11 is 0. The van der Waals surface area contributed by atoms with Gasteiger partial charge in [0.15, 0.2) is 5.82 Å². The summed E-state index contributed by atoms with van der Waals surface area (Å²) in [7, 11) is 0. The fraction of sp³-hybridized carbons (Fsp3) is 0.357. The lowest BCUT2D eigenvalue weighted by molar-refractivity contribution is 0.634. The molecule has 100 valence electrons. The predicted molar refractivity (Wildman–Crippen MR) is 76.4 cm³/mol. The van der Waals surface area contributed by atoms with Gasteiger partial charge in [-0.1, -0.05) is 19.9 Å². The van der Waals surface area contributed by atoms with E-state index in [2.05, 4.69) is 34.2 Å². The van der Waals surface area contributed by atoms with Gasteiger partial charge in [0.1, 0.15) is 11.5 Å². The lowest BCUT2D eigenvalue weighted by atomic mass is 10.1. The molecule has 19 heavy (non-hydrogen) atoms. The van der Waals surface area contributed by atoms with Gasteiger partial charge in [0, 0.05) is 18.0 Å². The number of aromatic nitrogens is 3. The zero-order chi connectivity index (χ0) is 13.8. The van der Waals surface area contributed by atoms with Crippen LogP contribution in [0.1, 0.15) is 25.1 Å². The van der Waals surface area contributed by atoms with Crippen LogP contribution in [0.3, 0.4) is 0 Å². The number of nitrogens with one attached hydrogen (secondary N) is 1. The van der Waals surface area contributed by atoms with E-state index in [-0.39, 0.29) is 0 Å². The van der Waals surface area contributed by atoms with E-state index in [1.165, 1.54) is 0 Å². The molecule has 2 aromatic heterocycles. The van der Waals surface area contributed by atoms with Gasteiger partial charge in [0.05, 0.1) is 0 Å². The van der Waals surface area contributed by atoms with Crippen LogP contribution in [0, 0.1) is 12.8 Å². The highest BCUT2D eigenvalue weighted by Crippen LogP contribution is 2.20.